The molecule has 0 spiro atoms. The van der Waals surface area contributed by atoms with E-state index < -0.39 is 5.82 Å². The van der Waals surface area contributed by atoms with Crippen LogP contribution < -0.4 is 4.90 Å². The number of piperazine rings is 1. The molecule has 4 rings (SSSR count). The fourth-order valence-electron chi connectivity index (χ4n) is 3.51. The summed E-state index contributed by atoms with van der Waals surface area (Å²) >= 11 is 0. The Hall–Kier alpha value is -2.96. The number of fused-ring (bicyclic) bond motifs is 1. The molecule has 0 N–H and O–H groups in total. The molecule has 0 atom stereocenters. The fraction of sp³-hybridized carbons (Fsp3) is 0.300. The molecule has 1 fully saturated rings. The second kappa shape index (κ2) is 6.98. The van der Waals surface area contributed by atoms with Crippen LogP contribution in [0.1, 0.15) is 23.1 Å². The zero-order valence-corrected chi connectivity index (χ0v) is 15.0. The number of amides is 1. The molecular formula is C20H20F2N4O. The van der Waals surface area contributed by atoms with Crippen molar-refractivity contribution in [1.29, 1.82) is 0 Å². The van der Waals surface area contributed by atoms with E-state index in [1.54, 1.807) is 27.5 Å². The average Bonchev–Trinajstić information content (AvgIpc) is 3.06. The lowest BCUT2D eigenvalue weighted by atomic mass is 10.2. The van der Waals surface area contributed by atoms with Crippen molar-refractivity contribution < 1.29 is 13.6 Å². The van der Waals surface area contributed by atoms with Crippen LogP contribution in [0.3, 0.4) is 0 Å². The SMILES string of the molecule is CCc1nc2ccc(F)cn2c1C(=O)N1CCN(c2ccc(F)cc2)CC1. The number of carbonyl (C=O) groups excluding carboxylic acids is 1. The van der Waals surface area contributed by atoms with Crippen molar-refractivity contribution in [3.05, 3.63) is 65.6 Å². The van der Waals surface area contributed by atoms with Gasteiger partial charge in [0.25, 0.3) is 5.91 Å². The first-order valence-corrected chi connectivity index (χ1v) is 9.03. The Balaban J connectivity index is 1.55. The number of nitrogens with zero attached hydrogens (tertiary/aromatic N) is 4. The summed E-state index contributed by atoms with van der Waals surface area (Å²) in [6.45, 7) is 4.33. The topological polar surface area (TPSA) is 40.9 Å². The van der Waals surface area contributed by atoms with E-state index in [2.05, 4.69) is 9.88 Å². The van der Waals surface area contributed by atoms with E-state index >= 15 is 0 Å². The zero-order chi connectivity index (χ0) is 19.0. The lowest BCUT2D eigenvalue weighted by Crippen LogP contribution is -2.49. The van der Waals surface area contributed by atoms with Crippen LogP contribution in [0.5, 0.6) is 0 Å². The molecule has 1 aromatic carbocycles. The number of aryl methyl sites for hydroxylation is 1. The number of benzene rings is 1. The highest BCUT2D eigenvalue weighted by atomic mass is 19.1. The van der Waals surface area contributed by atoms with Crippen molar-refractivity contribution >= 4 is 17.2 Å². The Labute approximate surface area is 155 Å². The fourth-order valence-corrected chi connectivity index (χ4v) is 3.51. The monoisotopic (exact) mass is 370 g/mol. The van der Waals surface area contributed by atoms with E-state index in [1.165, 1.54) is 24.4 Å². The van der Waals surface area contributed by atoms with Crippen LogP contribution in [0.2, 0.25) is 0 Å². The standard InChI is InChI=1S/C20H20F2N4O/c1-2-17-19(26-13-15(22)5-8-18(26)23-17)20(27)25-11-9-24(10-12-25)16-6-3-14(21)4-7-16/h3-8,13H,2,9-12H2,1H3. The number of anilines is 1. The summed E-state index contributed by atoms with van der Waals surface area (Å²) in [6.07, 6.45) is 1.91. The Kier molecular flexibility index (Phi) is 4.51. The van der Waals surface area contributed by atoms with Crippen LogP contribution in [0.4, 0.5) is 14.5 Å². The quantitative estimate of drug-likeness (QED) is 0.711. The van der Waals surface area contributed by atoms with Gasteiger partial charge in [0.2, 0.25) is 0 Å². The number of imidazole rings is 1. The largest absolute Gasteiger partial charge is 0.368 e. The molecular weight excluding hydrogens is 350 g/mol. The minimum absolute atomic E-state index is 0.135. The number of halogens is 2. The number of aromatic nitrogens is 2. The summed E-state index contributed by atoms with van der Waals surface area (Å²) in [5, 5.41) is 0. The molecule has 0 unspecified atom stereocenters. The van der Waals surface area contributed by atoms with Crippen molar-refractivity contribution in [2.24, 2.45) is 0 Å². The zero-order valence-electron chi connectivity index (χ0n) is 15.0. The number of pyridine rings is 1. The molecule has 7 heteroatoms. The molecule has 0 radical (unpaired) electrons. The second-order valence-electron chi connectivity index (χ2n) is 6.59. The smallest absolute Gasteiger partial charge is 0.272 e. The molecule has 140 valence electrons. The maximum Gasteiger partial charge on any atom is 0.272 e. The Morgan fingerprint density at radius 3 is 2.33 bits per heavy atom. The van der Waals surface area contributed by atoms with Gasteiger partial charge in [-0.25, -0.2) is 13.8 Å². The highest BCUT2D eigenvalue weighted by Gasteiger charge is 2.27. The Morgan fingerprint density at radius 2 is 1.67 bits per heavy atom. The molecule has 1 aliphatic heterocycles. The van der Waals surface area contributed by atoms with Gasteiger partial charge in [0.15, 0.2) is 0 Å². The van der Waals surface area contributed by atoms with Gasteiger partial charge in [-0.05, 0) is 42.8 Å². The van der Waals surface area contributed by atoms with Gasteiger partial charge in [-0.3, -0.25) is 9.20 Å². The summed E-state index contributed by atoms with van der Waals surface area (Å²) in [7, 11) is 0. The summed E-state index contributed by atoms with van der Waals surface area (Å²) in [5.41, 5.74) is 2.62. The number of hydrogen-bond donors (Lipinski definition) is 0. The molecule has 5 nitrogen and oxygen atoms in total. The second-order valence-corrected chi connectivity index (χ2v) is 6.59. The predicted molar refractivity (Wildman–Crippen MR) is 99.0 cm³/mol. The summed E-state index contributed by atoms with van der Waals surface area (Å²) < 4.78 is 28.3. The van der Waals surface area contributed by atoms with Gasteiger partial charge in [-0.1, -0.05) is 6.92 Å². The molecule has 1 aliphatic rings. The van der Waals surface area contributed by atoms with Crippen LogP contribution in [0.25, 0.3) is 5.65 Å². The Bertz CT molecular complexity index is 976. The van der Waals surface area contributed by atoms with Crippen molar-refractivity contribution in [3.8, 4) is 0 Å². The van der Waals surface area contributed by atoms with Crippen molar-refractivity contribution in [1.82, 2.24) is 14.3 Å². The first-order chi connectivity index (χ1) is 13.1. The summed E-state index contributed by atoms with van der Waals surface area (Å²) in [5.74, 6) is -0.805. The maximum absolute atomic E-state index is 13.7. The highest BCUT2D eigenvalue weighted by Crippen LogP contribution is 2.20. The highest BCUT2D eigenvalue weighted by molar-refractivity contribution is 5.95. The minimum Gasteiger partial charge on any atom is -0.368 e. The van der Waals surface area contributed by atoms with Gasteiger partial charge in [0.1, 0.15) is 23.0 Å². The molecule has 3 heterocycles. The van der Waals surface area contributed by atoms with E-state index in [4.69, 9.17) is 0 Å². The molecule has 0 aliphatic carbocycles. The van der Waals surface area contributed by atoms with E-state index in [0.29, 0.717) is 49.6 Å². The molecule has 0 bridgehead atoms. The molecule has 1 saturated heterocycles. The average molecular weight is 370 g/mol. The first-order valence-electron chi connectivity index (χ1n) is 9.03. The number of hydrogen-bond acceptors (Lipinski definition) is 3. The van der Waals surface area contributed by atoms with Gasteiger partial charge in [0, 0.05) is 38.1 Å². The maximum atomic E-state index is 13.7. The predicted octanol–water partition coefficient (Wildman–Crippen LogP) is 3.14. The number of rotatable bonds is 3. The van der Waals surface area contributed by atoms with Gasteiger partial charge in [0.05, 0.1) is 5.69 Å². The van der Waals surface area contributed by atoms with Crippen LogP contribution in [-0.2, 0) is 6.42 Å². The lowest BCUT2D eigenvalue weighted by Gasteiger charge is -2.36. The van der Waals surface area contributed by atoms with Crippen LogP contribution in [0, 0.1) is 11.6 Å². The van der Waals surface area contributed by atoms with E-state index in [0.717, 1.165) is 5.69 Å². The number of carbonyl (C=O) groups is 1. The lowest BCUT2D eigenvalue weighted by molar-refractivity contribution is 0.0738. The van der Waals surface area contributed by atoms with Crippen molar-refractivity contribution in [3.63, 3.8) is 0 Å². The molecule has 2 aromatic heterocycles. The van der Waals surface area contributed by atoms with Crippen LogP contribution >= 0.6 is 0 Å². The van der Waals surface area contributed by atoms with E-state index in [1.807, 2.05) is 6.92 Å². The van der Waals surface area contributed by atoms with Crippen molar-refractivity contribution in [2.45, 2.75) is 13.3 Å². The first kappa shape index (κ1) is 17.5. The minimum atomic E-state index is -0.405. The van der Waals surface area contributed by atoms with E-state index in [-0.39, 0.29) is 11.7 Å². The van der Waals surface area contributed by atoms with Crippen molar-refractivity contribution in [2.75, 3.05) is 31.1 Å². The summed E-state index contributed by atoms with van der Waals surface area (Å²) in [4.78, 5) is 21.5. The third-order valence-electron chi connectivity index (χ3n) is 4.95. The van der Waals surface area contributed by atoms with Crippen LogP contribution in [0.15, 0.2) is 42.6 Å². The molecule has 3 aromatic rings. The normalized spacial score (nSPS) is 14.8. The Morgan fingerprint density at radius 1 is 1.00 bits per heavy atom. The van der Waals surface area contributed by atoms with Gasteiger partial charge in [-0.15, -0.1) is 0 Å². The molecule has 0 saturated carbocycles. The van der Waals surface area contributed by atoms with E-state index in [9.17, 15) is 13.6 Å². The van der Waals surface area contributed by atoms with Gasteiger partial charge >= 0.3 is 0 Å². The summed E-state index contributed by atoms with van der Waals surface area (Å²) in [6, 6.07) is 9.29. The third kappa shape index (κ3) is 3.25. The molecule has 1 amide bonds. The van der Waals surface area contributed by atoms with Gasteiger partial charge < -0.3 is 9.80 Å². The van der Waals surface area contributed by atoms with Crippen LogP contribution in [-0.4, -0.2) is 46.4 Å². The molecule has 27 heavy (non-hydrogen) atoms. The van der Waals surface area contributed by atoms with Gasteiger partial charge in [-0.2, -0.15) is 0 Å². The third-order valence-corrected chi connectivity index (χ3v) is 4.95.